The highest BCUT2D eigenvalue weighted by Gasteiger charge is 2.16. The molecule has 2 aromatic rings. The number of para-hydroxylation sites is 1. The first kappa shape index (κ1) is 14.3. The second-order valence-corrected chi connectivity index (χ2v) is 5.47. The molecule has 3 rings (SSSR count). The Labute approximate surface area is 133 Å². The van der Waals surface area contributed by atoms with Crippen LogP contribution in [-0.2, 0) is 6.54 Å². The fourth-order valence-corrected chi connectivity index (χ4v) is 2.86. The van der Waals surface area contributed by atoms with Crippen molar-refractivity contribution < 1.29 is 9.47 Å². The van der Waals surface area contributed by atoms with Gasteiger partial charge in [-0.2, -0.15) is 0 Å². The lowest BCUT2D eigenvalue weighted by Gasteiger charge is -2.21. The quantitative estimate of drug-likeness (QED) is 0.864. The monoisotopic (exact) mass is 324 g/mol. The van der Waals surface area contributed by atoms with E-state index in [2.05, 4.69) is 10.3 Å². The molecule has 1 aliphatic heterocycles. The molecule has 2 heterocycles. The van der Waals surface area contributed by atoms with E-state index in [0.717, 1.165) is 28.3 Å². The van der Waals surface area contributed by atoms with Crippen LogP contribution in [0.2, 0.25) is 10.3 Å². The number of anilines is 1. The van der Waals surface area contributed by atoms with Crippen molar-refractivity contribution >= 4 is 28.9 Å². The Bertz CT molecular complexity index is 654. The number of halogens is 2. The van der Waals surface area contributed by atoms with Gasteiger partial charge in [0.05, 0.1) is 5.69 Å². The van der Waals surface area contributed by atoms with Crippen LogP contribution in [0.15, 0.2) is 24.3 Å². The molecule has 21 heavy (non-hydrogen) atoms. The summed E-state index contributed by atoms with van der Waals surface area (Å²) in [5.74, 6) is 1.56. The molecule has 0 amide bonds. The van der Waals surface area contributed by atoms with Gasteiger partial charge in [-0.3, -0.25) is 0 Å². The lowest BCUT2D eigenvalue weighted by molar-refractivity contribution is 0.170. The Morgan fingerprint density at radius 3 is 2.86 bits per heavy atom. The summed E-state index contributed by atoms with van der Waals surface area (Å²) in [6, 6.07) is 7.61. The molecule has 0 saturated carbocycles. The third-order valence-corrected chi connectivity index (χ3v) is 3.71. The molecule has 1 aromatic heterocycles. The maximum atomic E-state index is 6.13. The molecule has 0 saturated heterocycles. The third-order valence-electron chi connectivity index (χ3n) is 3.24. The average molecular weight is 325 g/mol. The maximum Gasteiger partial charge on any atom is 0.166 e. The fourth-order valence-electron chi connectivity index (χ4n) is 2.26. The first-order valence-electron chi connectivity index (χ1n) is 6.59. The number of aryl methyl sites for hydroxylation is 1. The van der Waals surface area contributed by atoms with Gasteiger partial charge in [0.15, 0.2) is 16.7 Å². The highest BCUT2D eigenvalue weighted by atomic mass is 35.5. The molecule has 1 aliphatic rings. The van der Waals surface area contributed by atoms with E-state index >= 15 is 0 Å². The average Bonchev–Trinajstić information content (AvgIpc) is 2.46. The summed E-state index contributed by atoms with van der Waals surface area (Å²) in [6.45, 7) is 3.64. The van der Waals surface area contributed by atoms with Crippen molar-refractivity contribution in [2.24, 2.45) is 0 Å². The Morgan fingerprint density at radius 2 is 2.05 bits per heavy atom. The van der Waals surface area contributed by atoms with E-state index in [1.54, 1.807) is 6.07 Å². The van der Waals surface area contributed by atoms with E-state index in [1.165, 1.54) is 0 Å². The zero-order chi connectivity index (χ0) is 14.8. The number of hydrogen-bond acceptors (Lipinski definition) is 4. The molecular formula is C15H14Cl2N2O2. The van der Waals surface area contributed by atoms with Crippen molar-refractivity contribution in [3.63, 3.8) is 0 Å². The van der Waals surface area contributed by atoms with E-state index in [-0.39, 0.29) is 0 Å². The van der Waals surface area contributed by atoms with Crippen molar-refractivity contribution in [1.29, 1.82) is 0 Å². The number of nitrogens with one attached hydrogen (secondary N) is 1. The molecule has 0 atom stereocenters. The summed E-state index contributed by atoms with van der Waals surface area (Å²) in [5, 5.41) is 4.04. The predicted molar refractivity (Wildman–Crippen MR) is 83.8 cm³/mol. The molecule has 1 aromatic carbocycles. The van der Waals surface area contributed by atoms with Crippen LogP contribution in [0, 0.1) is 6.92 Å². The third kappa shape index (κ3) is 3.01. The minimum Gasteiger partial charge on any atom is -0.486 e. The van der Waals surface area contributed by atoms with Crippen LogP contribution in [-0.4, -0.2) is 18.2 Å². The Kier molecular flexibility index (Phi) is 4.08. The van der Waals surface area contributed by atoms with Gasteiger partial charge in [0.25, 0.3) is 0 Å². The van der Waals surface area contributed by atoms with Crippen molar-refractivity contribution in [2.75, 3.05) is 18.5 Å². The number of fused-ring (bicyclic) bond motifs is 1. The summed E-state index contributed by atoms with van der Waals surface area (Å²) in [7, 11) is 0. The first-order valence-corrected chi connectivity index (χ1v) is 7.35. The highest BCUT2D eigenvalue weighted by Crippen LogP contribution is 2.34. The summed E-state index contributed by atoms with van der Waals surface area (Å²) in [4.78, 5) is 4.05. The smallest absolute Gasteiger partial charge is 0.166 e. The van der Waals surface area contributed by atoms with Crippen LogP contribution in [0.3, 0.4) is 0 Å². The Hall–Kier alpha value is -1.65. The molecule has 110 valence electrons. The summed E-state index contributed by atoms with van der Waals surface area (Å²) in [5.41, 5.74) is 2.73. The second-order valence-electron chi connectivity index (χ2n) is 4.72. The summed E-state index contributed by atoms with van der Waals surface area (Å²) in [6.07, 6.45) is 0. The van der Waals surface area contributed by atoms with Crippen LogP contribution < -0.4 is 14.8 Å². The number of hydrogen-bond donors (Lipinski definition) is 1. The zero-order valence-corrected chi connectivity index (χ0v) is 13.0. The number of pyridine rings is 1. The Morgan fingerprint density at radius 1 is 1.24 bits per heavy atom. The van der Waals surface area contributed by atoms with Crippen molar-refractivity contribution in [2.45, 2.75) is 13.5 Å². The van der Waals surface area contributed by atoms with Gasteiger partial charge >= 0.3 is 0 Å². The number of rotatable bonds is 3. The normalized spacial score (nSPS) is 13.1. The maximum absolute atomic E-state index is 6.13. The van der Waals surface area contributed by atoms with Crippen LogP contribution >= 0.6 is 23.2 Å². The summed E-state index contributed by atoms with van der Waals surface area (Å²) >= 11 is 12.0. The van der Waals surface area contributed by atoms with E-state index in [9.17, 15) is 0 Å². The molecular weight excluding hydrogens is 311 g/mol. The lowest BCUT2D eigenvalue weighted by atomic mass is 10.1. The molecule has 0 radical (unpaired) electrons. The van der Waals surface area contributed by atoms with Gasteiger partial charge in [0.2, 0.25) is 0 Å². The number of aromatic nitrogens is 1. The van der Waals surface area contributed by atoms with Gasteiger partial charge in [-0.05, 0) is 24.6 Å². The van der Waals surface area contributed by atoms with Gasteiger partial charge in [0, 0.05) is 12.1 Å². The zero-order valence-electron chi connectivity index (χ0n) is 11.5. The SMILES string of the molecule is Cc1cc(Cl)nc(Cl)c1NCc1cccc2c1OCCO2. The molecule has 1 N–H and O–H groups in total. The molecule has 0 unspecified atom stereocenters. The number of benzene rings is 1. The van der Waals surface area contributed by atoms with Crippen LogP contribution in [0.25, 0.3) is 0 Å². The van der Waals surface area contributed by atoms with Crippen LogP contribution in [0.5, 0.6) is 11.5 Å². The number of ether oxygens (including phenoxy) is 2. The van der Waals surface area contributed by atoms with Crippen LogP contribution in [0.1, 0.15) is 11.1 Å². The van der Waals surface area contributed by atoms with Crippen molar-refractivity contribution in [3.8, 4) is 11.5 Å². The molecule has 6 heteroatoms. The van der Waals surface area contributed by atoms with Gasteiger partial charge in [0.1, 0.15) is 18.4 Å². The molecule has 0 spiro atoms. The van der Waals surface area contributed by atoms with Crippen LogP contribution in [0.4, 0.5) is 5.69 Å². The molecule has 0 bridgehead atoms. The van der Waals surface area contributed by atoms with Crippen molar-refractivity contribution in [3.05, 3.63) is 45.7 Å². The van der Waals surface area contributed by atoms with E-state index in [0.29, 0.717) is 30.1 Å². The van der Waals surface area contributed by atoms with E-state index < -0.39 is 0 Å². The minimum absolute atomic E-state index is 0.363. The minimum atomic E-state index is 0.363. The second kappa shape index (κ2) is 6.00. The van der Waals surface area contributed by atoms with E-state index in [1.807, 2.05) is 25.1 Å². The largest absolute Gasteiger partial charge is 0.486 e. The summed E-state index contributed by atoms with van der Waals surface area (Å²) < 4.78 is 11.3. The van der Waals surface area contributed by atoms with Gasteiger partial charge in [-0.1, -0.05) is 35.3 Å². The number of nitrogens with zero attached hydrogens (tertiary/aromatic N) is 1. The van der Waals surface area contributed by atoms with Gasteiger partial charge in [-0.25, -0.2) is 4.98 Å². The molecule has 4 nitrogen and oxygen atoms in total. The lowest BCUT2D eigenvalue weighted by Crippen LogP contribution is -2.17. The standard InChI is InChI=1S/C15H14Cl2N2O2/c1-9-7-12(16)19-15(17)13(9)18-8-10-3-2-4-11-14(10)21-6-5-20-11/h2-4,7,18H,5-6,8H2,1H3. The Balaban J connectivity index is 1.83. The van der Waals surface area contributed by atoms with Gasteiger partial charge in [-0.15, -0.1) is 0 Å². The topological polar surface area (TPSA) is 43.4 Å². The van der Waals surface area contributed by atoms with Crippen molar-refractivity contribution in [1.82, 2.24) is 4.98 Å². The highest BCUT2D eigenvalue weighted by molar-refractivity contribution is 6.34. The fraction of sp³-hybridized carbons (Fsp3) is 0.267. The van der Waals surface area contributed by atoms with E-state index in [4.69, 9.17) is 32.7 Å². The molecule has 0 aliphatic carbocycles. The first-order chi connectivity index (χ1) is 10.1. The molecule has 0 fully saturated rings. The van der Waals surface area contributed by atoms with Gasteiger partial charge < -0.3 is 14.8 Å². The predicted octanol–water partition coefficient (Wildman–Crippen LogP) is 4.08.